The molecule has 30 heavy (non-hydrogen) atoms. The monoisotopic (exact) mass is 410 g/mol. The lowest BCUT2D eigenvalue weighted by Crippen LogP contribution is -2.44. The molecule has 5 rings (SSSR count). The minimum Gasteiger partial charge on any atom is -0.458 e. The maximum Gasteiger partial charge on any atom is 0.343 e. The number of hydrogen-bond acceptors (Lipinski definition) is 6. The maximum atomic E-state index is 13.4. The van der Waals surface area contributed by atoms with Crippen LogP contribution < -0.4 is 5.56 Å². The Labute approximate surface area is 170 Å². The van der Waals surface area contributed by atoms with Gasteiger partial charge in [-0.1, -0.05) is 25.1 Å². The van der Waals surface area contributed by atoms with E-state index in [1.807, 2.05) is 30.3 Å². The molecule has 2 aliphatic heterocycles. The lowest BCUT2D eigenvalue weighted by atomic mass is 9.86. The second-order valence-electron chi connectivity index (χ2n) is 7.42. The van der Waals surface area contributed by atoms with Crippen LogP contribution in [0, 0.1) is 0 Å². The number of rotatable bonds is 4. The summed E-state index contributed by atoms with van der Waals surface area (Å²) in [6.45, 7) is 0.522. The van der Waals surface area contributed by atoms with Gasteiger partial charge in [-0.2, -0.15) is 0 Å². The Morgan fingerprint density at radius 2 is 2.13 bits per heavy atom. The summed E-state index contributed by atoms with van der Waals surface area (Å²) in [5.74, 6) is -0.781. The average Bonchev–Trinajstić information content (AvgIpc) is 3.06. The topological polar surface area (TPSA) is 90.7 Å². The van der Waals surface area contributed by atoms with Crippen LogP contribution in [0.15, 0.2) is 41.2 Å². The molecule has 2 atom stereocenters. The number of nitrogens with zero attached hydrogens (tertiary/aromatic N) is 2. The van der Waals surface area contributed by atoms with E-state index >= 15 is 0 Å². The Kier molecular flexibility index (Phi) is 4.23. The zero-order valence-corrected chi connectivity index (χ0v) is 16.2. The first-order chi connectivity index (χ1) is 14.5. The van der Waals surface area contributed by atoms with Crippen molar-refractivity contribution in [3.05, 3.63) is 63.4 Å². The lowest BCUT2D eigenvalue weighted by molar-refractivity contribution is -0.172. The molecule has 2 aromatic heterocycles. The quantitative estimate of drug-likeness (QED) is 0.665. The van der Waals surface area contributed by atoms with Crippen LogP contribution in [-0.2, 0) is 26.5 Å². The number of para-hydroxylation sites is 1. The van der Waals surface area contributed by atoms with Crippen LogP contribution in [0.2, 0.25) is 0 Å². The van der Waals surface area contributed by atoms with Crippen molar-refractivity contribution in [2.75, 3.05) is 13.3 Å². The fraction of sp³-hybridized carbons (Fsp3) is 0.318. The Balaban J connectivity index is 1.82. The Bertz CT molecular complexity index is 1250. The summed E-state index contributed by atoms with van der Waals surface area (Å²) >= 11 is 0. The van der Waals surface area contributed by atoms with Crippen LogP contribution in [-0.4, -0.2) is 33.9 Å². The molecule has 0 aliphatic carbocycles. The molecule has 0 radical (unpaired) electrons. The molecule has 8 heteroatoms. The third-order valence-corrected chi connectivity index (χ3v) is 5.83. The molecular weight excluding hydrogens is 391 g/mol. The van der Waals surface area contributed by atoms with Gasteiger partial charge in [0.1, 0.15) is 13.3 Å². The molecule has 1 unspecified atom stereocenters. The second kappa shape index (κ2) is 6.72. The minimum absolute atomic E-state index is 0.0571. The highest BCUT2D eigenvalue weighted by Gasteiger charge is 2.46. The smallest absolute Gasteiger partial charge is 0.343 e. The van der Waals surface area contributed by atoms with E-state index in [4.69, 9.17) is 14.5 Å². The first-order valence-corrected chi connectivity index (χ1v) is 9.75. The number of ether oxygens (including phenoxy) is 2. The van der Waals surface area contributed by atoms with Gasteiger partial charge in [-0.3, -0.25) is 9.36 Å². The second-order valence-corrected chi connectivity index (χ2v) is 7.42. The van der Waals surface area contributed by atoms with E-state index in [1.54, 1.807) is 13.0 Å². The number of pyridine rings is 2. The molecule has 0 spiro atoms. The first-order valence-electron chi connectivity index (χ1n) is 9.75. The molecule has 0 bridgehead atoms. The van der Waals surface area contributed by atoms with Crippen molar-refractivity contribution in [3.8, 4) is 11.4 Å². The normalized spacial score (nSPS) is 21.8. The Morgan fingerprint density at radius 3 is 2.90 bits per heavy atom. The van der Waals surface area contributed by atoms with Crippen molar-refractivity contribution in [2.24, 2.45) is 0 Å². The average molecular weight is 410 g/mol. The molecule has 0 saturated carbocycles. The van der Waals surface area contributed by atoms with Crippen molar-refractivity contribution < 1.29 is 23.8 Å². The van der Waals surface area contributed by atoms with Gasteiger partial charge in [-0.15, -0.1) is 0 Å². The first kappa shape index (κ1) is 18.9. The highest BCUT2D eigenvalue weighted by Crippen LogP contribution is 2.42. The molecule has 0 saturated heterocycles. The number of hydrogen-bond donors (Lipinski definition) is 1. The number of fused-ring (bicyclic) bond motifs is 5. The minimum atomic E-state index is -1.91. The van der Waals surface area contributed by atoms with E-state index in [1.165, 1.54) is 4.57 Å². The zero-order chi connectivity index (χ0) is 21.0. The molecule has 0 amide bonds. The summed E-state index contributed by atoms with van der Waals surface area (Å²) in [4.78, 5) is 30.4. The predicted molar refractivity (Wildman–Crippen MR) is 105 cm³/mol. The van der Waals surface area contributed by atoms with Crippen molar-refractivity contribution in [3.63, 3.8) is 0 Å². The summed E-state index contributed by atoms with van der Waals surface area (Å²) in [7, 11) is 0. The van der Waals surface area contributed by atoms with Gasteiger partial charge >= 0.3 is 5.97 Å². The molecule has 3 aromatic rings. The van der Waals surface area contributed by atoms with Crippen LogP contribution in [0.1, 0.15) is 36.3 Å². The van der Waals surface area contributed by atoms with Gasteiger partial charge in [0.15, 0.2) is 11.8 Å². The Morgan fingerprint density at radius 1 is 1.33 bits per heavy atom. The number of benzene rings is 1. The van der Waals surface area contributed by atoms with Gasteiger partial charge < -0.3 is 14.6 Å². The summed E-state index contributed by atoms with van der Waals surface area (Å²) in [5.41, 5.74) is 0.348. The van der Waals surface area contributed by atoms with Gasteiger partial charge in [0.2, 0.25) is 0 Å². The van der Waals surface area contributed by atoms with Crippen molar-refractivity contribution in [1.82, 2.24) is 9.55 Å². The van der Waals surface area contributed by atoms with Gasteiger partial charge in [0.25, 0.3) is 5.56 Å². The molecular formula is C22H19FN2O5. The number of carbonyl (C=O) groups is 1. The van der Waals surface area contributed by atoms with E-state index in [0.717, 1.165) is 10.9 Å². The van der Waals surface area contributed by atoms with Gasteiger partial charge in [0.05, 0.1) is 29.1 Å². The zero-order valence-electron chi connectivity index (χ0n) is 16.2. The highest BCUT2D eigenvalue weighted by atomic mass is 19.1. The Hall–Kier alpha value is -3.10. The molecule has 2 aliphatic rings. The van der Waals surface area contributed by atoms with Crippen molar-refractivity contribution in [2.45, 2.75) is 31.8 Å². The number of esters is 1. The van der Waals surface area contributed by atoms with E-state index in [2.05, 4.69) is 0 Å². The predicted octanol–water partition coefficient (Wildman–Crippen LogP) is 2.56. The standard InChI is InChI=1S/C22H19FN2O5/c1-2-22(28)15-10-17-18-13(9-12-5-3-4-6-16(12)24-18)20(29-8-7-23)25(17)19(26)14(15)11-30-21(22)27/h3-6,9-10,20,28H,2,7-8,11H2,1H3/t20?,22-/m0/s1. The van der Waals surface area contributed by atoms with E-state index < -0.39 is 30.0 Å². The molecule has 1 aromatic carbocycles. The third-order valence-electron chi connectivity index (χ3n) is 5.83. The highest BCUT2D eigenvalue weighted by molar-refractivity contribution is 5.86. The summed E-state index contributed by atoms with van der Waals surface area (Å²) < 4.78 is 25.1. The van der Waals surface area contributed by atoms with E-state index in [-0.39, 0.29) is 30.8 Å². The molecule has 0 fully saturated rings. The number of alkyl halides is 1. The van der Waals surface area contributed by atoms with Crippen LogP contribution in [0.4, 0.5) is 4.39 Å². The largest absolute Gasteiger partial charge is 0.458 e. The number of cyclic esters (lactones) is 1. The lowest BCUT2D eigenvalue weighted by Gasteiger charge is -2.32. The van der Waals surface area contributed by atoms with Crippen LogP contribution in [0.3, 0.4) is 0 Å². The molecule has 154 valence electrons. The molecule has 7 nitrogen and oxygen atoms in total. The van der Waals surface area contributed by atoms with Crippen molar-refractivity contribution in [1.29, 1.82) is 0 Å². The number of aromatic nitrogens is 2. The van der Waals surface area contributed by atoms with E-state index in [9.17, 15) is 19.1 Å². The fourth-order valence-electron chi connectivity index (χ4n) is 4.27. The summed E-state index contributed by atoms with van der Waals surface area (Å²) in [5, 5.41) is 11.8. The number of aliphatic hydroxyl groups is 1. The van der Waals surface area contributed by atoms with Crippen molar-refractivity contribution >= 4 is 16.9 Å². The van der Waals surface area contributed by atoms with Crippen LogP contribution >= 0.6 is 0 Å². The van der Waals surface area contributed by atoms with Crippen LogP contribution in [0.25, 0.3) is 22.3 Å². The SMILES string of the molecule is CC[C@@]1(O)C(=O)OCc2c1cc1n(c2=O)C(OCCF)c2cc3ccccc3nc2-1. The number of carbonyl (C=O) groups excluding carboxylic acids is 1. The van der Waals surface area contributed by atoms with Crippen LogP contribution in [0.5, 0.6) is 0 Å². The fourth-order valence-corrected chi connectivity index (χ4v) is 4.27. The van der Waals surface area contributed by atoms with Gasteiger partial charge in [-0.05, 0) is 24.6 Å². The van der Waals surface area contributed by atoms with Gasteiger partial charge in [-0.25, -0.2) is 14.2 Å². The van der Waals surface area contributed by atoms with Gasteiger partial charge in [0, 0.05) is 16.5 Å². The summed E-state index contributed by atoms with van der Waals surface area (Å²) in [6, 6.07) is 11.0. The molecule has 1 N–H and O–H groups in total. The molecule has 4 heterocycles. The third kappa shape index (κ3) is 2.47. The summed E-state index contributed by atoms with van der Waals surface area (Å²) in [6.07, 6.45) is -0.797. The maximum absolute atomic E-state index is 13.4. The van der Waals surface area contributed by atoms with E-state index in [0.29, 0.717) is 17.0 Å². The number of halogens is 1.